The summed E-state index contributed by atoms with van der Waals surface area (Å²) in [5.74, 6) is 0. The van der Waals surface area contributed by atoms with Crippen LogP contribution in [0.25, 0.3) is 88.4 Å². The smallest absolute Gasteiger partial charge is 0.143 e. The van der Waals surface area contributed by atoms with E-state index in [1.54, 1.807) is 11.3 Å². The highest BCUT2D eigenvalue weighted by Gasteiger charge is 2.19. The van der Waals surface area contributed by atoms with E-state index in [0.717, 1.165) is 60.7 Å². The Morgan fingerprint density at radius 2 is 1.46 bits per heavy atom. The summed E-state index contributed by atoms with van der Waals surface area (Å²) in [5, 5.41) is 5.82. The lowest BCUT2D eigenvalue weighted by Crippen LogP contribution is -1.85. The molecule has 196 valence electrons. The van der Waals surface area contributed by atoms with Crippen molar-refractivity contribution in [3.05, 3.63) is 120 Å². The molecule has 0 saturated carbocycles. The molecular formula is C38H26O2S. The second kappa shape index (κ2) is 9.09. The quantitative estimate of drug-likeness (QED) is 0.219. The van der Waals surface area contributed by atoms with Gasteiger partial charge in [0, 0.05) is 42.1 Å². The molecule has 8 rings (SSSR count). The Kier molecular flexibility index (Phi) is 5.31. The zero-order valence-corrected chi connectivity index (χ0v) is 23.6. The van der Waals surface area contributed by atoms with Crippen molar-refractivity contribution in [3.8, 4) is 22.3 Å². The second-order valence-electron chi connectivity index (χ2n) is 10.5. The van der Waals surface area contributed by atoms with Crippen molar-refractivity contribution in [1.82, 2.24) is 0 Å². The minimum Gasteiger partial charge on any atom is -0.456 e. The molecule has 0 aliphatic heterocycles. The van der Waals surface area contributed by atoms with Gasteiger partial charge in [-0.15, -0.1) is 11.3 Å². The highest BCUT2D eigenvalue weighted by Crippen LogP contribution is 2.44. The average molecular weight is 547 g/mol. The fourth-order valence-electron chi connectivity index (χ4n) is 6.26. The summed E-state index contributed by atoms with van der Waals surface area (Å²) >= 11 is 1.78. The molecule has 2 nitrogen and oxygen atoms in total. The summed E-state index contributed by atoms with van der Waals surface area (Å²) in [4.78, 5) is 1.19. The Hall–Kier alpha value is -4.86. The van der Waals surface area contributed by atoms with Crippen LogP contribution in [0.2, 0.25) is 0 Å². The summed E-state index contributed by atoms with van der Waals surface area (Å²) in [6.07, 6.45) is 6.21. The van der Waals surface area contributed by atoms with Gasteiger partial charge in [-0.25, -0.2) is 0 Å². The van der Waals surface area contributed by atoms with Crippen LogP contribution in [0.1, 0.15) is 22.9 Å². The maximum atomic E-state index is 6.62. The first kappa shape index (κ1) is 24.0. The summed E-state index contributed by atoms with van der Waals surface area (Å²) in [5.41, 5.74) is 10.6. The van der Waals surface area contributed by atoms with Gasteiger partial charge in [0.25, 0.3) is 0 Å². The van der Waals surface area contributed by atoms with Gasteiger partial charge >= 0.3 is 0 Å². The van der Waals surface area contributed by atoms with E-state index in [-0.39, 0.29) is 0 Å². The molecule has 3 aromatic heterocycles. The van der Waals surface area contributed by atoms with E-state index in [4.69, 9.17) is 8.83 Å². The van der Waals surface area contributed by atoms with Gasteiger partial charge in [-0.3, -0.25) is 0 Å². The minimum absolute atomic E-state index is 0.892. The maximum Gasteiger partial charge on any atom is 0.143 e. The monoisotopic (exact) mass is 546 g/mol. The van der Waals surface area contributed by atoms with Crippen LogP contribution in [0, 0.1) is 6.92 Å². The first-order valence-electron chi connectivity index (χ1n) is 13.8. The number of allylic oxidation sites excluding steroid dienone is 1. The van der Waals surface area contributed by atoms with Crippen molar-refractivity contribution in [3.63, 3.8) is 0 Å². The summed E-state index contributed by atoms with van der Waals surface area (Å²) in [6, 6.07) is 32.3. The third-order valence-electron chi connectivity index (χ3n) is 8.13. The van der Waals surface area contributed by atoms with Crippen LogP contribution in [0.4, 0.5) is 0 Å². The fourth-order valence-corrected chi connectivity index (χ4v) is 7.34. The molecule has 0 spiro atoms. The topological polar surface area (TPSA) is 26.3 Å². The van der Waals surface area contributed by atoms with Crippen molar-refractivity contribution in [2.45, 2.75) is 13.8 Å². The van der Waals surface area contributed by atoms with E-state index >= 15 is 0 Å². The molecule has 8 aromatic rings. The molecule has 0 N–H and O–H groups in total. The normalized spacial score (nSPS) is 12.1. The summed E-state index contributed by atoms with van der Waals surface area (Å²) in [7, 11) is 0. The number of fused-ring (bicyclic) bond motifs is 7. The molecule has 0 aliphatic rings. The number of para-hydroxylation sites is 1. The molecule has 0 saturated heterocycles. The van der Waals surface area contributed by atoms with Gasteiger partial charge in [-0.2, -0.15) is 0 Å². The third-order valence-corrected chi connectivity index (χ3v) is 9.29. The summed E-state index contributed by atoms with van der Waals surface area (Å²) < 4.78 is 14.0. The van der Waals surface area contributed by atoms with Crippen LogP contribution in [0.3, 0.4) is 0 Å². The number of benzene rings is 5. The highest BCUT2D eigenvalue weighted by atomic mass is 32.1. The van der Waals surface area contributed by atoms with Crippen LogP contribution in [-0.2, 0) is 0 Å². The molecular weight excluding hydrogens is 520 g/mol. The van der Waals surface area contributed by atoms with Crippen LogP contribution in [0.15, 0.2) is 112 Å². The molecule has 0 aliphatic carbocycles. The Balaban J connectivity index is 1.38. The largest absolute Gasteiger partial charge is 0.456 e. The fraction of sp³-hybridized carbons (Fsp3) is 0.0526. The van der Waals surface area contributed by atoms with Gasteiger partial charge in [0.1, 0.15) is 22.3 Å². The molecule has 0 unspecified atom stereocenters. The Morgan fingerprint density at radius 3 is 2.34 bits per heavy atom. The standard InChI is InChI=1S/C38H26O2S/c1-4-9-27-28-16-14-24(21-35(28)41-34(27)5-2)26-18-17-25(37-29-11-6-7-12-31(29)40-38(26)37)23-15-19-32-30(20-23)36-22(3)10-8-13-33(36)39-32/h4-21H,2H2,1,3H3/b9-4-. The average Bonchev–Trinajstić information content (AvgIpc) is 3.68. The van der Waals surface area contributed by atoms with E-state index < -0.39 is 0 Å². The van der Waals surface area contributed by atoms with Crippen molar-refractivity contribution in [1.29, 1.82) is 0 Å². The minimum atomic E-state index is 0.892. The zero-order valence-electron chi connectivity index (χ0n) is 22.8. The molecule has 0 bridgehead atoms. The Morgan fingerprint density at radius 1 is 0.683 bits per heavy atom. The second-order valence-corrected chi connectivity index (χ2v) is 11.6. The van der Waals surface area contributed by atoms with Crippen molar-refractivity contribution < 1.29 is 8.83 Å². The molecule has 3 heterocycles. The van der Waals surface area contributed by atoms with E-state index in [0.29, 0.717) is 0 Å². The highest BCUT2D eigenvalue weighted by molar-refractivity contribution is 7.20. The van der Waals surface area contributed by atoms with Crippen LogP contribution < -0.4 is 0 Å². The Bertz CT molecular complexity index is 2360. The first-order valence-corrected chi connectivity index (χ1v) is 14.6. The van der Waals surface area contributed by atoms with Crippen molar-refractivity contribution >= 4 is 77.5 Å². The van der Waals surface area contributed by atoms with Crippen LogP contribution >= 0.6 is 11.3 Å². The number of hydrogen-bond acceptors (Lipinski definition) is 3. The number of hydrogen-bond donors (Lipinski definition) is 0. The molecule has 3 heteroatoms. The van der Waals surface area contributed by atoms with E-state index in [1.807, 2.05) is 24.3 Å². The maximum absolute atomic E-state index is 6.62. The SMILES string of the molecule is C=Cc1sc2cc(-c3ccc(-c4ccc5oc6cccc(C)c6c5c4)c4c3oc3ccccc34)ccc2c1/C=C\C. The lowest BCUT2D eigenvalue weighted by atomic mass is 9.93. The predicted molar refractivity (Wildman–Crippen MR) is 177 cm³/mol. The Labute approximate surface area is 241 Å². The van der Waals surface area contributed by atoms with Crippen molar-refractivity contribution in [2.24, 2.45) is 0 Å². The third kappa shape index (κ3) is 3.56. The first-order chi connectivity index (χ1) is 20.1. The molecule has 0 radical (unpaired) electrons. The van der Waals surface area contributed by atoms with E-state index in [1.165, 1.54) is 31.5 Å². The van der Waals surface area contributed by atoms with Crippen LogP contribution in [-0.4, -0.2) is 0 Å². The number of thiophene rings is 1. The van der Waals surface area contributed by atoms with Gasteiger partial charge in [0.15, 0.2) is 0 Å². The molecule has 0 amide bonds. The van der Waals surface area contributed by atoms with Crippen molar-refractivity contribution in [2.75, 3.05) is 0 Å². The summed E-state index contributed by atoms with van der Waals surface area (Å²) in [6.45, 7) is 8.24. The van der Waals surface area contributed by atoms with E-state index in [9.17, 15) is 0 Å². The number of rotatable bonds is 4. The van der Waals surface area contributed by atoms with Gasteiger partial charge in [0.05, 0.1) is 0 Å². The van der Waals surface area contributed by atoms with Gasteiger partial charge < -0.3 is 8.83 Å². The number of furan rings is 2. The van der Waals surface area contributed by atoms with E-state index in [2.05, 4.69) is 105 Å². The molecule has 5 aromatic carbocycles. The van der Waals surface area contributed by atoms with Gasteiger partial charge in [0.2, 0.25) is 0 Å². The molecule has 0 atom stereocenters. The number of aryl methyl sites for hydroxylation is 1. The lowest BCUT2D eigenvalue weighted by Gasteiger charge is -2.09. The predicted octanol–water partition coefficient (Wildman–Crippen LogP) is 12.0. The van der Waals surface area contributed by atoms with Gasteiger partial charge in [-0.05, 0) is 78.1 Å². The zero-order chi connectivity index (χ0) is 27.7. The molecule has 0 fully saturated rings. The lowest BCUT2D eigenvalue weighted by molar-refractivity contribution is 0.669. The van der Waals surface area contributed by atoms with Crippen LogP contribution in [0.5, 0.6) is 0 Å². The van der Waals surface area contributed by atoms with Gasteiger partial charge in [-0.1, -0.05) is 79.4 Å². The molecule has 41 heavy (non-hydrogen) atoms.